The van der Waals surface area contributed by atoms with Crippen molar-refractivity contribution in [1.29, 1.82) is 0 Å². The summed E-state index contributed by atoms with van der Waals surface area (Å²) in [4.78, 5) is 38.3. The number of benzene rings is 1. The molecule has 5 atom stereocenters. The minimum atomic E-state index is -0.977. The Bertz CT molecular complexity index is 740. The molecule has 2 heterocycles. The first-order chi connectivity index (χ1) is 13.9. The molecule has 0 aliphatic carbocycles. The van der Waals surface area contributed by atoms with Gasteiger partial charge in [0.05, 0.1) is 38.3 Å². The average Bonchev–Trinajstić information content (AvgIpc) is 3.32. The molecule has 158 valence electrons. The lowest BCUT2D eigenvalue weighted by molar-refractivity contribution is -0.150. The number of carboxylic acids is 1. The van der Waals surface area contributed by atoms with Crippen LogP contribution in [-0.2, 0) is 23.9 Å². The Morgan fingerprint density at radius 3 is 2.66 bits per heavy atom. The summed E-state index contributed by atoms with van der Waals surface area (Å²) in [5.74, 6) is -1.90. The normalized spacial score (nSPS) is 25.3. The quantitative estimate of drug-likeness (QED) is 0.623. The summed E-state index contributed by atoms with van der Waals surface area (Å²) in [5, 5.41) is 12.7. The number of nitrogens with zero attached hydrogens (tertiary/aromatic N) is 1. The zero-order valence-electron chi connectivity index (χ0n) is 16.7. The topological polar surface area (TPSA) is 105 Å². The number of fused-ring (bicyclic) bond motifs is 1. The molecule has 0 bridgehead atoms. The highest BCUT2D eigenvalue weighted by Gasteiger charge is 2.50. The Labute approximate surface area is 170 Å². The van der Waals surface area contributed by atoms with E-state index >= 15 is 0 Å². The SMILES string of the molecule is COC(=O)C(CCN[C@@H](C)C(=O)N1C(C(=O)O)CC2COCC21)c1ccccc1. The van der Waals surface area contributed by atoms with Crippen molar-refractivity contribution in [3.63, 3.8) is 0 Å². The molecule has 0 radical (unpaired) electrons. The zero-order valence-corrected chi connectivity index (χ0v) is 16.7. The lowest BCUT2D eigenvalue weighted by Gasteiger charge is -2.30. The molecule has 1 aromatic rings. The lowest BCUT2D eigenvalue weighted by atomic mass is 9.95. The first-order valence-electron chi connectivity index (χ1n) is 9.93. The summed E-state index contributed by atoms with van der Waals surface area (Å²) in [7, 11) is 1.36. The first kappa shape index (κ1) is 21.3. The molecule has 2 aliphatic heterocycles. The third-order valence-electron chi connectivity index (χ3n) is 5.86. The van der Waals surface area contributed by atoms with Crippen LogP contribution in [0.3, 0.4) is 0 Å². The van der Waals surface area contributed by atoms with E-state index in [0.717, 1.165) is 5.56 Å². The molecule has 29 heavy (non-hydrogen) atoms. The van der Waals surface area contributed by atoms with Crippen molar-refractivity contribution in [1.82, 2.24) is 10.2 Å². The second kappa shape index (κ2) is 9.37. The second-order valence-electron chi connectivity index (χ2n) is 7.65. The highest BCUT2D eigenvalue weighted by Crippen LogP contribution is 2.35. The molecule has 4 unspecified atom stereocenters. The van der Waals surface area contributed by atoms with Gasteiger partial charge in [0.2, 0.25) is 5.91 Å². The molecule has 2 fully saturated rings. The molecule has 2 aliphatic rings. The van der Waals surface area contributed by atoms with Gasteiger partial charge in [-0.15, -0.1) is 0 Å². The van der Waals surface area contributed by atoms with Crippen LogP contribution < -0.4 is 5.32 Å². The maximum atomic E-state index is 13.0. The fraction of sp³-hybridized carbons (Fsp3) is 0.571. The molecule has 8 nitrogen and oxygen atoms in total. The number of carbonyl (C=O) groups is 3. The van der Waals surface area contributed by atoms with E-state index in [2.05, 4.69) is 5.32 Å². The van der Waals surface area contributed by atoms with Crippen molar-refractivity contribution >= 4 is 17.8 Å². The summed E-state index contributed by atoms with van der Waals surface area (Å²) < 4.78 is 10.4. The van der Waals surface area contributed by atoms with Gasteiger partial charge in [-0.3, -0.25) is 9.59 Å². The van der Waals surface area contributed by atoms with Gasteiger partial charge in [0, 0.05) is 5.92 Å². The first-order valence-corrected chi connectivity index (χ1v) is 9.93. The molecular weight excluding hydrogens is 376 g/mol. The van der Waals surface area contributed by atoms with Crippen LogP contribution in [0.25, 0.3) is 0 Å². The predicted molar refractivity (Wildman–Crippen MR) is 104 cm³/mol. The van der Waals surface area contributed by atoms with Crippen LogP contribution in [-0.4, -0.2) is 72.8 Å². The number of aliphatic carboxylic acids is 1. The number of hydrogen-bond donors (Lipinski definition) is 2. The third-order valence-corrected chi connectivity index (χ3v) is 5.86. The van der Waals surface area contributed by atoms with Crippen LogP contribution in [0, 0.1) is 5.92 Å². The van der Waals surface area contributed by atoms with Gasteiger partial charge in [-0.2, -0.15) is 0 Å². The van der Waals surface area contributed by atoms with Crippen molar-refractivity contribution in [2.24, 2.45) is 5.92 Å². The smallest absolute Gasteiger partial charge is 0.326 e. The third kappa shape index (κ3) is 4.59. The largest absolute Gasteiger partial charge is 0.480 e. The van der Waals surface area contributed by atoms with Crippen molar-refractivity contribution < 1.29 is 29.0 Å². The zero-order chi connectivity index (χ0) is 21.0. The molecular formula is C21H28N2O6. The van der Waals surface area contributed by atoms with Gasteiger partial charge < -0.3 is 24.8 Å². The van der Waals surface area contributed by atoms with Crippen LogP contribution in [0.5, 0.6) is 0 Å². The lowest BCUT2D eigenvalue weighted by Crippen LogP contribution is -2.53. The fourth-order valence-corrected chi connectivity index (χ4v) is 4.29. The van der Waals surface area contributed by atoms with Crippen molar-refractivity contribution in [2.45, 2.75) is 43.8 Å². The minimum Gasteiger partial charge on any atom is -0.480 e. The second-order valence-corrected chi connectivity index (χ2v) is 7.65. The molecule has 2 saturated heterocycles. The fourth-order valence-electron chi connectivity index (χ4n) is 4.29. The van der Waals surface area contributed by atoms with Crippen molar-refractivity contribution in [3.05, 3.63) is 35.9 Å². The van der Waals surface area contributed by atoms with Gasteiger partial charge in [0.15, 0.2) is 0 Å². The highest BCUT2D eigenvalue weighted by atomic mass is 16.5. The molecule has 1 aromatic carbocycles. The van der Waals surface area contributed by atoms with Crippen LogP contribution in [0.4, 0.5) is 0 Å². The van der Waals surface area contributed by atoms with E-state index in [1.807, 2.05) is 30.3 Å². The summed E-state index contributed by atoms with van der Waals surface area (Å²) in [5.41, 5.74) is 0.858. The number of esters is 1. The van der Waals surface area contributed by atoms with Gasteiger partial charge >= 0.3 is 11.9 Å². The maximum absolute atomic E-state index is 13.0. The number of nitrogens with one attached hydrogen (secondary N) is 1. The average molecular weight is 404 g/mol. The Balaban J connectivity index is 1.60. The number of amides is 1. The van der Waals surface area contributed by atoms with Crippen molar-refractivity contribution in [2.75, 3.05) is 26.9 Å². The minimum absolute atomic E-state index is 0.0778. The van der Waals surface area contributed by atoms with Crippen molar-refractivity contribution in [3.8, 4) is 0 Å². The Kier molecular flexibility index (Phi) is 6.87. The van der Waals surface area contributed by atoms with E-state index in [4.69, 9.17) is 9.47 Å². The molecule has 3 rings (SSSR count). The highest BCUT2D eigenvalue weighted by molar-refractivity contribution is 5.88. The Hall–Kier alpha value is -2.45. The predicted octanol–water partition coefficient (Wildman–Crippen LogP) is 1.01. The molecule has 0 saturated carbocycles. The number of carboxylic acid groups (broad SMARTS) is 1. The molecule has 1 amide bonds. The summed E-state index contributed by atoms with van der Waals surface area (Å²) in [6, 6.07) is 7.81. The Morgan fingerprint density at radius 2 is 2.00 bits per heavy atom. The van der Waals surface area contributed by atoms with E-state index in [-0.39, 0.29) is 23.8 Å². The van der Waals surface area contributed by atoms with Gasteiger partial charge in [0.1, 0.15) is 6.04 Å². The summed E-state index contributed by atoms with van der Waals surface area (Å²) >= 11 is 0. The number of rotatable bonds is 8. The van der Waals surface area contributed by atoms with E-state index < -0.39 is 24.0 Å². The standard InChI is InChI=1S/C21H28N2O6/c1-13(19(24)23-17(20(25)26)10-15-11-29-12-18(15)23)22-9-8-16(21(27)28-2)14-6-4-3-5-7-14/h3-7,13,15-18,22H,8-12H2,1-2H3,(H,25,26)/t13-,15?,16?,17?,18?/m0/s1. The molecule has 0 aromatic heterocycles. The number of carbonyl (C=O) groups excluding carboxylic acids is 2. The van der Waals surface area contributed by atoms with E-state index in [1.165, 1.54) is 12.0 Å². The molecule has 8 heteroatoms. The van der Waals surface area contributed by atoms with Crippen LogP contribution in [0.1, 0.15) is 31.2 Å². The van der Waals surface area contributed by atoms with E-state index in [9.17, 15) is 19.5 Å². The molecule has 0 spiro atoms. The Morgan fingerprint density at radius 1 is 1.28 bits per heavy atom. The van der Waals surface area contributed by atoms with Crippen LogP contribution >= 0.6 is 0 Å². The summed E-state index contributed by atoms with van der Waals surface area (Å²) in [6.07, 6.45) is 0.892. The van der Waals surface area contributed by atoms with Gasteiger partial charge in [-0.25, -0.2) is 4.79 Å². The van der Waals surface area contributed by atoms with Crippen LogP contribution in [0.2, 0.25) is 0 Å². The van der Waals surface area contributed by atoms with Crippen LogP contribution in [0.15, 0.2) is 30.3 Å². The van der Waals surface area contributed by atoms with E-state index in [1.54, 1.807) is 6.92 Å². The van der Waals surface area contributed by atoms with Gasteiger partial charge in [0.25, 0.3) is 0 Å². The number of methoxy groups -OCH3 is 1. The number of hydrogen-bond acceptors (Lipinski definition) is 6. The number of likely N-dealkylation sites (tertiary alicyclic amines) is 1. The summed E-state index contributed by atoms with van der Waals surface area (Å²) in [6.45, 7) is 3.01. The number of ether oxygens (including phenoxy) is 2. The maximum Gasteiger partial charge on any atom is 0.326 e. The van der Waals surface area contributed by atoms with E-state index in [0.29, 0.717) is 32.6 Å². The van der Waals surface area contributed by atoms with Gasteiger partial charge in [-0.1, -0.05) is 30.3 Å². The molecule has 2 N–H and O–H groups in total. The monoisotopic (exact) mass is 404 g/mol. The van der Waals surface area contributed by atoms with Gasteiger partial charge in [-0.05, 0) is 31.9 Å².